The zero-order valence-electron chi connectivity index (χ0n) is 12.6. The molecule has 2 aromatic rings. The van der Waals surface area contributed by atoms with Gasteiger partial charge in [0.15, 0.2) is 0 Å². The Morgan fingerprint density at radius 2 is 2.36 bits per heavy atom. The number of morpholine rings is 1. The number of aryl methyl sites for hydroxylation is 2. The van der Waals surface area contributed by atoms with Crippen LogP contribution in [0.25, 0.3) is 0 Å². The van der Waals surface area contributed by atoms with Gasteiger partial charge in [-0.15, -0.1) is 11.3 Å². The van der Waals surface area contributed by atoms with E-state index in [0.717, 1.165) is 28.3 Å². The maximum atomic E-state index is 12.5. The Bertz CT molecular complexity index is 629. The minimum atomic E-state index is 0.0775. The SMILES string of the molecule is Cc1ccc(C(=O)N2CCO[C@H](CCc3ccncn3)C2)s1. The largest absolute Gasteiger partial charge is 0.375 e. The van der Waals surface area contributed by atoms with Gasteiger partial charge >= 0.3 is 0 Å². The molecule has 0 saturated carbocycles. The maximum Gasteiger partial charge on any atom is 0.264 e. The quantitative estimate of drug-likeness (QED) is 0.868. The second-order valence-corrected chi connectivity index (χ2v) is 6.68. The molecule has 0 unspecified atom stereocenters. The smallest absolute Gasteiger partial charge is 0.264 e. The van der Waals surface area contributed by atoms with Gasteiger partial charge in [0.2, 0.25) is 0 Å². The Morgan fingerprint density at radius 1 is 1.45 bits per heavy atom. The number of rotatable bonds is 4. The molecule has 3 rings (SSSR count). The Balaban J connectivity index is 1.56. The van der Waals surface area contributed by atoms with Gasteiger partial charge in [0.1, 0.15) is 6.33 Å². The van der Waals surface area contributed by atoms with Crippen LogP contribution in [0.4, 0.5) is 0 Å². The molecule has 1 amide bonds. The molecule has 0 bridgehead atoms. The molecule has 5 nitrogen and oxygen atoms in total. The molecule has 0 N–H and O–H groups in total. The molecule has 2 aromatic heterocycles. The van der Waals surface area contributed by atoms with Crippen molar-refractivity contribution >= 4 is 17.2 Å². The number of nitrogens with zero attached hydrogens (tertiary/aromatic N) is 3. The van der Waals surface area contributed by atoms with Crippen LogP contribution in [0.3, 0.4) is 0 Å². The molecular formula is C16H19N3O2S. The lowest BCUT2D eigenvalue weighted by Crippen LogP contribution is -2.45. The molecular weight excluding hydrogens is 298 g/mol. The molecule has 6 heteroatoms. The van der Waals surface area contributed by atoms with Gasteiger partial charge in [0.05, 0.1) is 17.6 Å². The van der Waals surface area contributed by atoms with Crippen LogP contribution in [0.5, 0.6) is 0 Å². The lowest BCUT2D eigenvalue weighted by atomic mass is 10.1. The molecule has 0 aromatic carbocycles. The molecule has 0 aliphatic carbocycles. The number of carbonyl (C=O) groups is 1. The van der Waals surface area contributed by atoms with Crippen LogP contribution in [-0.2, 0) is 11.2 Å². The first-order valence-corrected chi connectivity index (χ1v) is 8.26. The number of carbonyl (C=O) groups excluding carboxylic acids is 1. The van der Waals surface area contributed by atoms with Crippen molar-refractivity contribution in [2.24, 2.45) is 0 Å². The van der Waals surface area contributed by atoms with Crippen LogP contribution < -0.4 is 0 Å². The average Bonchev–Trinajstić information content (AvgIpc) is 3.00. The van der Waals surface area contributed by atoms with Gasteiger partial charge in [0.25, 0.3) is 5.91 Å². The highest BCUT2D eigenvalue weighted by Gasteiger charge is 2.25. The predicted molar refractivity (Wildman–Crippen MR) is 85.1 cm³/mol. The molecule has 22 heavy (non-hydrogen) atoms. The highest BCUT2D eigenvalue weighted by Crippen LogP contribution is 2.19. The number of aromatic nitrogens is 2. The van der Waals surface area contributed by atoms with Gasteiger partial charge in [0, 0.05) is 29.9 Å². The fraction of sp³-hybridized carbons (Fsp3) is 0.438. The maximum absolute atomic E-state index is 12.5. The van der Waals surface area contributed by atoms with Crippen molar-refractivity contribution in [3.8, 4) is 0 Å². The number of ether oxygens (including phenoxy) is 1. The van der Waals surface area contributed by atoms with E-state index in [1.807, 2.05) is 30.0 Å². The number of hydrogen-bond donors (Lipinski definition) is 0. The fourth-order valence-corrected chi connectivity index (χ4v) is 3.39. The van der Waals surface area contributed by atoms with Crippen LogP contribution in [-0.4, -0.2) is 46.6 Å². The summed E-state index contributed by atoms with van der Waals surface area (Å²) in [5.41, 5.74) is 1.01. The third-order valence-corrected chi connectivity index (χ3v) is 4.73. The van der Waals surface area contributed by atoms with Crippen molar-refractivity contribution in [3.63, 3.8) is 0 Å². The van der Waals surface area contributed by atoms with Crippen molar-refractivity contribution in [3.05, 3.63) is 46.2 Å². The van der Waals surface area contributed by atoms with Gasteiger partial charge in [-0.2, -0.15) is 0 Å². The third-order valence-electron chi connectivity index (χ3n) is 3.74. The van der Waals surface area contributed by atoms with Crippen LogP contribution in [0, 0.1) is 6.92 Å². The van der Waals surface area contributed by atoms with Gasteiger partial charge in [-0.25, -0.2) is 9.97 Å². The molecule has 1 saturated heterocycles. The van der Waals surface area contributed by atoms with E-state index in [1.165, 1.54) is 0 Å². The van der Waals surface area contributed by atoms with E-state index >= 15 is 0 Å². The van der Waals surface area contributed by atoms with Gasteiger partial charge in [-0.05, 0) is 38.0 Å². The lowest BCUT2D eigenvalue weighted by Gasteiger charge is -2.32. The summed E-state index contributed by atoms with van der Waals surface area (Å²) in [5, 5.41) is 0. The number of thiophene rings is 1. The van der Waals surface area contributed by atoms with Crippen molar-refractivity contribution < 1.29 is 9.53 Å². The second kappa shape index (κ2) is 6.98. The van der Waals surface area contributed by atoms with Crippen molar-refractivity contribution in [2.75, 3.05) is 19.7 Å². The highest BCUT2D eigenvalue weighted by atomic mass is 32.1. The zero-order valence-corrected chi connectivity index (χ0v) is 13.4. The molecule has 1 aliphatic rings. The molecule has 0 spiro atoms. The molecule has 1 atom stereocenters. The van der Waals surface area contributed by atoms with Crippen molar-refractivity contribution in [1.29, 1.82) is 0 Å². The lowest BCUT2D eigenvalue weighted by molar-refractivity contribution is -0.0245. The third kappa shape index (κ3) is 3.69. The number of hydrogen-bond acceptors (Lipinski definition) is 5. The first kappa shape index (κ1) is 15.1. The summed E-state index contributed by atoms with van der Waals surface area (Å²) >= 11 is 1.55. The van der Waals surface area contributed by atoms with Gasteiger partial charge < -0.3 is 9.64 Å². The summed E-state index contributed by atoms with van der Waals surface area (Å²) in [7, 11) is 0. The van der Waals surface area contributed by atoms with Gasteiger partial charge in [-0.3, -0.25) is 4.79 Å². The van der Waals surface area contributed by atoms with E-state index in [0.29, 0.717) is 19.7 Å². The topological polar surface area (TPSA) is 55.3 Å². The fourth-order valence-electron chi connectivity index (χ4n) is 2.56. The van der Waals surface area contributed by atoms with E-state index in [9.17, 15) is 4.79 Å². The van der Waals surface area contributed by atoms with E-state index in [1.54, 1.807) is 23.9 Å². The highest BCUT2D eigenvalue weighted by molar-refractivity contribution is 7.13. The molecule has 1 fully saturated rings. The Kier molecular flexibility index (Phi) is 4.80. The predicted octanol–water partition coefficient (Wildman–Crippen LogP) is 2.32. The van der Waals surface area contributed by atoms with E-state index in [2.05, 4.69) is 9.97 Å². The van der Waals surface area contributed by atoms with Crippen LogP contribution in [0.15, 0.2) is 30.7 Å². The van der Waals surface area contributed by atoms with E-state index < -0.39 is 0 Å². The molecule has 116 valence electrons. The zero-order chi connectivity index (χ0) is 15.4. The summed E-state index contributed by atoms with van der Waals surface area (Å²) in [5.74, 6) is 0.119. The Morgan fingerprint density at radius 3 is 3.09 bits per heavy atom. The first-order valence-electron chi connectivity index (χ1n) is 7.44. The summed E-state index contributed by atoms with van der Waals surface area (Å²) in [6, 6.07) is 5.82. The molecule has 3 heterocycles. The molecule has 0 radical (unpaired) electrons. The minimum absolute atomic E-state index is 0.0775. The van der Waals surface area contributed by atoms with Gasteiger partial charge in [-0.1, -0.05) is 0 Å². The van der Waals surface area contributed by atoms with Crippen LogP contribution in [0.2, 0.25) is 0 Å². The van der Waals surface area contributed by atoms with Crippen LogP contribution in [0.1, 0.15) is 26.7 Å². The first-order chi connectivity index (χ1) is 10.7. The standard InChI is InChI=1S/C16H19N3O2S/c1-12-2-5-15(22-12)16(20)19-8-9-21-14(10-19)4-3-13-6-7-17-11-18-13/h2,5-7,11,14H,3-4,8-10H2,1H3/t14-/m1/s1. The number of amides is 1. The van der Waals surface area contributed by atoms with E-state index in [4.69, 9.17) is 4.74 Å². The second-order valence-electron chi connectivity index (χ2n) is 5.39. The van der Waals surface area contributed by atoms with Crippen molar-refractivity contribution in [1.82, 2.24) is 14.9 Å². The summed E-state index contributed by atoms with van der Waals surface area (Å²) < 4.78 is 5.79. The summed E-state index contributed by atoms with van der Waals surface area (Å²) in [6.07, 6.45) is 5.09. The van der Waals surface area contributed by atoms with E-state index in [-0.39, 0.29) is 12.0 Å². The van der Waals surface area contributed by atoms with Crippen LogP contribution >= 0.6 is 11.3 Å². The van der Waals surface area contributed by atoms with Crippen molar-refractivity contribution in [2.45, 2.75) is 25.9 Å². The summed E-state index contributed by atoms with van der Waals surface area (Å²) in [4.78, 5) is 24.5. The average molecular weight is 317 g/mol. The Labute approximate surface area is 134 Å². The molecule has 1 aliphatic heterocycles. The monoisotopic (exact) mass is 317 g/mol. The minimum Gasteiger partial charge on any atom is -0.375 e. The normalized spacial score (nSPS) is 18.4. The summed E-state index contributed by atoms with van der Waals surface area (Å²) in [6.45, 7) is 3.94. The Hall–Kier alpha value is -1.79.